The molecule has 3 aliphatic heterocycles. The fourth-order valence-corrected chi connectivity index (χ4v) is 8.60. The van der Waals surface area contributed by atoms with E-state index in [1.807, 2.05) is 0 Å². The number of likely N-dealkylation sites (tertiary alicyclic amines) is 1. The Kier molecular flexibility index (Phi) is 10.9. The number of sulfonamides is 1. The van der Waals surface area contributed by atoms with Gasteiger partial charge in [0.15, 0.2) is 0 Å². The van der Waals surface area contributed by atoms with Crippen LogP contribution in [0.3, 0.4) is 0 Å². The van der Waals surface area contributed by atoms with Crippen molar-refractivity contribution in [2.75, 3.05) is 19.6 Å². The Balaban J connectivity index is 1.56. The number of benzene rings is 2. The van der Waals surface area contributed by atoms with Gasteiger partial charge in [0.1, 0.15) is 35.0 Å². The van der Waals surface area contributed by atoms with Gasteiger partial charge in [0.2, 0.25) is 33.7 Å². The zero-order valence-corrected chi connectivity index (χ0v) is 30.0. The molecule has 0 bridgehead atoms. The smallest absolute Gasteiger partial charge is 0.248 e. The van der Waals surface area contributed by atoms with Crippen molar-refractivity contribution in [1.82, 2.24) is 24.3 Å². The van der Waals surface area contributed by atoms with Crippen LogP contribution in [0, 0.1) is 11.7 Å². The van der Waals surface area contributed by atoms with Gasteiger partial charge in [-0.3, -0.25) is 19.2 Å². The minimum atomic E-state index is -4.69. The van der Waals surface area contributed by atoms with Gasteiger partial charge in [-0.1, -0.05) is 49.2 Å². The second kappa shape index (κ2) is 14.5. The highest BCUT2D eigenvalue weighted by molar-refractivity contribution is 7.89. The molecule has 2 aromatic carbocycles. The van der Waals surface area contributed by atoms with Crippen LogP contribution < -0.4 is 11.1 Å². The monoisotopic (exact) mass is 738 g/mol. The molecule has 5 rings (SSSR count). The normalized spacial score (nSPS) is 24.1. The fourth-order valence-electron chi connectivity index (χ4n) is 6.68. The molecule has 3 fully saturated rings. The molecule has 3 heterocycles. The van der Waals surface area contributed by atoms with E-state index in [4.69, 9.17) is 28.9 Å². The number of hydrogen-bond donors (Lipinski definition) is 2. The first-order chi connectivity index (χ1) is 23.0. The summed E-state index contributed by atoms with van der Waals surface area (Å²) in [5.41, 5.74) is 6.78. The predicted molar refractivity (Wildman–Crippen MR) is 181 cm³/mol. The largest absolute Gasteiger partial charge is 0.341 e. The summed E-state index contributed by atoms with van der Waals surface area (Å²) in [5, 5.41) is 3.14. The van der Waals surface area contributed by atoms with Crippen molar-refractivity contribution in [2.24, 2.45) is 11.7 Å². The van der Waals surface area contributed by atoms with Gasteiger partial charge in [-0.25, -0.2) is 12.8 Å². The molecule has 0 radical (unpaired) electrons. The van der Waals surface area contributed by atoms with E-state index in [0.29, 0.717) is 30.0 Å². The molecule has 0 aromatic heterocycles. The maximum absolute atomic E-state index is 15.3. The molecule has 5 atom stereocenters. The van der Waals surface area contributed by atoms with Gasteiger partial charge in [0.25, 0.3) is 0 Å². The lowest BCUT2D eigenvalue weighted by Gasteiger charge is -2.54. The maximum atomic E-state index is 15.3. The minimum absolute atomic E-state index is 0.0119. The van der Waals surface area contributed by atoms with E-state index in [1.54, 1.807) is 52.0 Å². The van der Waals surface area contributed by atoms with E-state index in [9.17, 15) is 27.6 Å². The summed E-state index contributed by atoms with van der Waals surface area (Å²) in [7, 11) is -4.69. The number of amides is 4. The van der Waals surface area contributed by atoms with Gasteiger partial charge in [-0.2, -0.15) is 4.31 Å². The third-order valence-electron chi connectivity index (χ3n) is 9.44. The Hall–Kier alpha value is -3.30. The van der Waals surface area contributed by atoms with Gasteiger partial charge in [0.05, 0.1) is 12.6 Å². The van der Waals surface area contributed by atoms with Crippen LogP contribution in [-0.2, 0) is 35.6 Å². The topological polar surface area (TPSA) is 153 Å². The summed E-state index contributed by atoms with van der Waals surface area (Å²) < 4.78 is 44.9. The van der Waals surface area contributed by atoms with Crippen LogP contribution in [0.1, 0.15) is 46.1 Å². The van der Waals surface area contributed by atoms with Crippen molar-refractivity contribution >= 4 is 56.9 Å². The molecule has 12 nitrogen and oxygen atoms in total. The number of nitrogens with one attached hydrogen (secondary N) is 1. The highest BCUT2D eigenvalue weighted by atomic mass is 35.5. The van der Waals surface area contributed by atoms with E-state index in [1.165, 1.54) is 20.8 Å². The second-order valence-electron chi connectivity index (χ2n) is 13.3. The zero-order valence-electron chi connectivity index (χ0n) is 27.7. The Morgan fingerprint density at radius 2 is 1.65 bits per heavy atom. The number of nitrogens with zero attached hydrogens (tertiary/aromatic N) is 4. The van der Waals surface area contributed by atoms with Crippen molar-refractivity contribution < 1.29 is 32.0 Å². The van der Waals surface area contributed by atoms with Crippen LogP contribution in [0.25, 0.3) is 0 Å². The lowest BCUT2D eigenvalue weighted by atomic mass is 9.96. The molecule has 0 saturated carbocycles. The van der Waals surface area contributed by atoms with Crippen LogP contribution in [0.4, 0.5) is 4.39 Å². The molecule has 49 heavy (non-hydrogen) atoms. The Labute approximate surface area is 295 Å². The third-order valence-corrected chi connectivity index (χ3v) is 11.8. The number of carbonyl (C=O) groups is 4. The fraction of sp³-hybridized carbons (Fsp3) is 0.515. The molecule has 3 aliphatic rings. The van der Waals surface area contributed by atoms with Crippen molar-refractivity contribution in [2.45, 2.75) is 88.2 Å². The molecule has 0 aliphatic carbocycles. The summed E-state index contributed by atoms with van der Waals surface area (Å²) in [6, 6.07) is 5.08. The third kappa shape index (κ3) is 7.29. The van der Waals surface area contributed by atoms with Crippen molar-refractivity contribution in [1.29, 1.82) is 0 Å². The number of piperazine rings is 1. The summed E-state index contributed by atoms with van der Waals surface area (Å²) >= 11 is 12.0. The highest BCUT2D eigenvalue weighted by Crippen LogP contribution is 2.34. The van der Waals surface area contributed by atoms with E-state index in [2.05, 4.69) is 5.32 Å². The van der Waals surface area contributed by atoms with Crippen LogP contribution in [0.15, 0.2) is 47.4 Å². The lowest BCUT2D eigenvalue weighted by Crippen LogP contribution is -2.76. The Bertz CT molecular complexity index is 1730. The summed E-state index contributed by atoms with van der Waals surface area (Å²) in [5.74, 6) is -3.42. The first-order valence-corrected chi connectivity index (χ1v) is 18.4. The second-order valence-corrected chi connectivity index (χ2v) is 16.1. The van der Waals surface area contributed by atoms with E-state index in [0.717, 1.165) is 16.4 Å². The first-order valence-electron chi connectivity index (χ1n) is 16.2. The molecule has 16 heteroatoms. The van der Waals surface area contributed by atoms with Crippen molar-refractivity contribution in [3.63, 3.8) is 0 Å². The van der Waals surface area contributed by atoms with Gasteiger partial charge < -0.3 is 25.8 Å². The number of nitrogens with two attached hydrogens (primary N) is 1. The minimum Gasteiger partial charge on any atom is -0.341 e. The van der Waals surface area contributed by atoms with Crippen molar-refractivity contribution in [3.05, 3.63) is 63.9 Å². The average molecular weight is 740 g/mol. The molecule has 3 saturated heterocycles. The van der Waals surface area contributed by atoms with Gasteiger partial charge in [0, 0.05) is 35.6 Å². The molecular weight excluding hydrogens is 698 g/mol. The standard InChI is InChI=1S/C33H41Cl2FN6O6S/c1-18(2)29(37)33(46)39-13-5-6-25(39)30(43)38-24-16-41(49(47,48)27-12-11-22(35)15-23(27)36)28-17-40(19(3)4)32(45)26(42(28)31(24)44)14-20-7-9-21(34)10-8-20/h7-12,15,18-19,24-26,28-29H,5-6,13-14,16-17,37H2,1-4H3,(H,38,43). The average Bonchev–Trinajstić information content (AvgIpc) is 3.53. The molecule has 3 N–H and O–H groups in total. The van der Waals surface area contributed by atoms with Gasteiger partial charge in [-0.05, 0) is 68.5 Å². The van der Waals surface area contributed by atoms with E-state index in [-0.39, 0.29) is 29.9 Å². The van der Waals surface area contributed by atoms with Crippen LogP contribution in [-0.4, -0.2) is 107 Å². The molecule has 4 amide bonds. The van der Waals surface area contributed by atoms with Crippen LogP contribution in [0.2, 0.25) is 10.0 Å². The number of hydrogen-bond acceptors (Lipinski definition) is 7. The van der Waals surface area contributed by atoms with Crippen LogP contribution >= 0.6 is 23.2 Å². The van der Waals surface area contributed by atoms with E-state index < -0.39 is 81.2 Å². The Morgan fingerprint density at radius 1 is 1.00 bits per heavy atom. The van der Waals surface area contributed by atoms with Crippen LogP contribution in [0.5, 0.6) is 0 Å². The zero-order chi connectivity index (χ0) is 35.9. The quantitative estimate of drug-likeness (QED) is 0.401. The number of fused-ring (bicyclic) bond motifs is 1. The molecule has 0 spiro atoms. The summed E-state index contributed by atoms with van der Waals surface area (Å²) in [6.07, 6.45) is -0.370. The maximum Gasteiger partial charge on any atom is 0.248 e. The lowest BCUT2D eigenvalue weighted by molar-refractivity contribution is -0.169. The number of carbonyl (C=O) groups excluding carboxylic acids is 4. The van der Waals surface area contributed by atoms with E-state index >= 15 is 4.39 Å². The number of rotatable bonds is 9. The Morgan fingerprint density at radius 3 is 2.27 bits per heavy atom. The molecule has 5 unspecified atom stereocenters. The first kappa shape index (κ1) is 37.0. The SMILES string of the molecule is CC(C)C(N)C(=O)N1CCCC1C(=O)NC1CN(S(=O)(=O)c2ccc(Cl)cc2F)C2CN(C(C)C)C(=O)C(Cc3ccc(Cl)cc3)N2C1=O. The predicted octanol–water partition coefficient (Wildman–Crippen LogP) is 2.61. The number of halogens is 3. The van der Waals surface area contributed by atoms with Gasteiger partial charge in [-0.15, -0.1) is 0 Å². The molecular formula is C33H41Cl2FN6O6S. The molecule has 266 valence electrons. The summed E-state index contributed by atoms with van der Waals surface area (Å²) in [6.45, 7) is 6.70. The van der Waals surface area contributed by atoms with Crippen molar-refractivity contribution in [3.8, 4) is 0 Å². The highest BCUT2D eigenvalue weighted by Gasteiger charge is 2.55. The van der Waals surface area contributed by atoms with Gasteiger partial charge >= 0.3 is 0 Å². The summed E-state index contributed by atoms with van der Waals surface area (Å²) in [4.78, 5) is 58.9. The molecule has 2 aromatic rings.